The van der Waals surface area contributed by atoms with E-state index in [1.807, 2.05) is 24.2 Å². The van der Waals surface area contributed by atoms with Crippen LogP contribution in [0.4, 0.5) is 0 Å². The monoisotopic (exact) mass is 332 g/mol. The molecule has 3 heterocycles. The van der Waals surface area contributed by atoms with Crippen molar-refractivity contribution in [2.75, 3.05) is 19.7 Å². The van der Waals surface area contributed by atoms with E-state index in [1.54, 1.807) is 0 Å². The fourth-order valence-corrected chi connectivity index (χ4v) is 3.57. The second-order valence-corrected chi connectivity index (χ2v) is 7.18. The van der Waals surface area contributed by atoms with Crippen molar-refractivity contribution in [3.05, 3.63) is 29.6 Å². The molecule has 1 aromatic heterocycles. The number of rotatable bonds is 6. The molecule has 0 aromatic carbocycles. The van der Waals surface area contributed by atoms with E-state index in [0.717, 1.165) is 49.9 Å². The van der Waals surface area contributed by atoms with Gasteiger partial charge in [-0.3, -0.25) is 9.78 Å². The molecular weight excluding hydrogens is 304 g/mol. The smallest absolute Gasteiger partial charge is 0.222 e. The third-order valence-electron chi connectivity index (χ3n) is 4.92. The standard InChI is InChI=1S/C19H28N2O3/c1-3-4-5-18(22)21-13-19(14-21)9-17(6-7-24-19)23-12-16-8-15(2)10-20-11-16/h8,10-11,17H,3-7,9,12-14H2,1-2H3/t17-/m1/s1. The van der Waals surface area contributed by atoms with E-state index in [0.29, 0.717) is 19.6 Å². The minimum atomic E-state index is -0.171. The molecule has 0 radical (unpaired) electrons. The summed E-state index contributed by atoms with van der Waals surface area (Å²) in [5, 5.41) is 0. The maximum atomic E-state index is 12.1. The average Bonchev–Trinajstić information content (AvgIpc) is 2.56. The molecular formula is C19H28N2O3. The number of carbonyl (C=O) groups excluding carboxylic acids is 1. The number of ether oxygens (including phenoxy) is 2. The van der Waals surface area contributed by atoms with Crippen molar-refractivity contribution in [2.45, 2.75) is 64.3 Å². The van der Waals surface area contributed by atoms with Gasteiger partial charge in [0.1, 0.15) is 5.60 Å². The summed E-state index contributed by atoms with van der Waals surface area (Å²) in [7, 11) is 0. The van der Waals surface area contributed by atoms with Crippen molar-refractivity contribution in [1.82, 2.24) is 9.88 Å². The first-order chi connectivity index (χ1) is 11.6. The van der Waals surface area contributed by atoms with Gasteiger partial charge in [-0.25, -0.2) is 0 Å². The molecule has 0 unspecified atom stereocenters. The second-order valence-electron chi connectivity index (χ2n) is 7.18. The third-order valence-corrected chi connectivity index (χ3v) is 4.92. The quantitative estimate of drug-likeness (QED) is 0.804. The van der Waals surface area contributed by atoms with Crippen LogP contribution in [0.5, 0.6) is 0 Å². The number of amides is 1. The molecule has 1 atom stereocenters. The number of carbonyl (C=O) groups is 1. The number of unbranched alkanes of at least 4 members (excludes halogenated alkanes) is 1. The SMILES string of the molecule is CCCCC(=O)N1CC2(C[C@H](OCc3cncc(C)c3)CCO2)C1. The summed E-state index contributed by atoms with van der Waals surface area (Å²) in [4.78, 5) is 18.2. The van der Waals surface area contributed by atoms with E-state index >= 15 is 0 Å². The molecule has 132 valence electrons. The molecule has 1 aromatic rings. The Morgan fingerprint density at radius 3 is 3.04 bits per heavy atom. The van der Waals surface area contributed by atoms with Gasteiger partial charge in [0.15, 0.2) is 0 Å². The summed E-state index contributed by atoms with van der Waals surface area (Å²) in [6.45, 7) is 6.91. The zero-order valence-electron chi connectivity index (χ0n) is 14.8. The molecule has 3 rings (SSSR count). The van der Waals surface area contributed by atoms with Crippen molar-refractivity contribution < 1.29 is 14.3 Å². The van der Waals surface area contributed by atoms with Gasteiger partial charge in [-0.1, -0.05) is 19.4 Å². The maximum Gasteiger partial charge on any atom is 0.222 e. The molecule has 1 spiro atoms. The fourth-order valence-electron chi connectivity index (χ4n) is 3.57. The van der Waals surface area contributed by atoms with E-state index in [-0.39, 0.29) is 17.6 Å². The van der Waals surface area contributed by atoms with Crippen molar-refractivity contribution in [3.63, 3.8) is 0 Å². The Morgan fingerprint density at radius 1 is 1.46 bits per heavy atom. The van der Waals surface area contributed by atoms with Gasteiger partial charge in [-0.15, -0.1) is 0 Å². The molecule has 24 heavy (non-hydrogen) atoms. The molecule has 1 amide bonds. The highest BCUT2D eigenvalue weighted by Gasteiger charge is 2.49. The normalized spacial score (nSPS) is 22.4. The summed E-state index contributed by atoms with van der Waals surface area (Å²) in [5.41, 5.74) is 2.09. The number of likely N-dealkylation sites (tertiary alicyclic amines) is 1. The molecule has 2 fully saturated rings. The van der Waals surface area contributed by atoms with Crippen LogP contribution >= 0.6 is 0 Å². The molecule has 2 aliphatic heterocycles. The Labute approximate surface area is 144 Å². The van der Waals surface area contributed by atoms with Crippen molar-refractivity contribution >= 4 is 5.91 Å². The lowest BCUT2D eigenvalue weighted by molar-refractivity contribution is -0.202. The van der Waals surface area contributed by atoms with Crippen LogP contribution < -0.4 is 0 Å². The first-order valence-corrected chi connectivity index (χ1v) is 9.04. The van der Waals surface area contributed by atoms with Gasteiger partial charge in [0.05, 0.1) is 25.8 Å². The lowest BCUT2D eigenvalue weighted by Crippen LogP contribution is -2.67. The highest BCUT2D eigenvalue weighted by molar-refractivity contribution is 5.77. The molecule has 0 saturated carbocycles. The van der Waals surface area contributed by atoms with Crippen LogP contribution in [0.1, 0.15) is 50.2 Å². The maximum absolute atomic E-state index is 12.1. The Kier molecular flexibility index (Phi) is 5.51. The highest BCUT2D eigenvalue weighted by atomic mass is 16.5. The summed E-state index contributed by atoms with van der Waals surface area (Å²) >= 11 is 0. The van der Waals surface area contributed by atoms with Crippen LogP contribution in [0.25, 0.3) is 0 Å². The number of pyridine rings is 1. The second kappa shape index (κ2) is 7.62. The third kappa shape index (κ3) is 4.14. The molecule has 5 nitrogen and oxygen atoms in total. The lowest BCUT2D eigenvalue weighted by atomic mass is 9.84. The van der Waals surface area contributed by atoms with Crippen LogP contribution in [0, 0.1) is 6.92 Å². The molecule has 0 N–H and O–H groups in total. The Bertz CT molecular complexity index is 569. The number of aromatic nitrogens is 1. The van der Waals surface area contributed by atoms with Gasteiger partial charge in [0, 0.05) is 31.8 Å². The predicted octanol–water partition coefficient (Wildman–Crippen LogP) is 2.86. The first kappa shape index (κ1) is 17.4. The number of nitrogens with zero attached hydrogens (tertiary/aromatic N) is 2. The molecule has 2 aliphatic rings. The zero-order valence-corrected chi connectivity index (χ0v) is 14.8. The number of hydrogen-bond acceptors (Lipinski definition) is 4. The van der Waals surface area contributed by atoms with Crippen molar-refractivity contribution in [1.29, 1.82) is 0 Å². The Hall–Kier alpha value is -1.46. The summed E-state index contributed by atoms with van der Waals surface area (Å²) in [5.74, 6) is 0.264. The van der Waals surface area contributed by atoms with Gasteiger partial charge in [0.25, 0.3) is 0 Å². The largest absolute Gasteiger partial charge is 0.373 e. The average molecular weight is 332 g/mol. The van der Waals surface area contributed by atoms with E-state index in [9.17, 15) is 4.79 Å². The van der Waals surface area contributed by atoms with Gasteiger partial charge in [-0.05, 0) is 30.9 Å². The van der Waals surface area contributed by atoms with Crippen LogP contribution in [0.2, 0.25) is 0 Å². The van der Waals surface area contributed by atoms with E-state index in [2.05, 4.69) is 18.0 Å². The van der Waals surface area contributed by atoms with Gasteiger partial charge < -0.3 is 14.4 Å². The minimum Gasteiger partial charge on any atom is -0.373 e. The van der Waals surface area contributed by atoms with E-state index < -0.39 is 0 Å². The topological polar surface area (TPSA) is 51.7 Å². The lowest BCUT2D eigenvalue weighted by Gasteiger charge is -2.53. The molecule has 5 heteroatoms. The first-order valence-electron chi connectivity index (χ1n) is 9.04. The van der Waals surface area contributed by atoms with Gasteiger partial charge in [-0.2, -0.15) is 0 Å². The summed E-state index contributed by atoms with van der Waals surface area (Å²) in [6, 6.07) is 2.11. The van der Waals surface area contributed by atoms with Crippen LogP contribution in [-0.2, 0) is 20.9 Å². The summed E-state index contributed by atoms with van der Waals surface area (Å²) in [6.07, 6.45) is 8.41. The van der Waals surface area contributed by atoms with Crippen LogP contribution in [-0.4, -0.2) is 47.2 Å². The number of aryl methyl sites for hydroxylation is 1. The predicted molar refractivity (Wildman–Crippen MR) is 91.6 cm³/mol. The van der Waals surface area contributed by atoms with Gasteiger partial charge >= 0.3 is 0 Å². The summed E-state index contributed by atoms with van der Waals surface area (Å²) < 4.78 is 12.1. The number of hydrogen-bond donors (Lipinski definition) is 0. The zero-order chi connectivity index (χ0) is 17.0. The fraction of sp³-hybridized carbons (Fsp3) is 0.684. The highest BCUT2D eigenvalue weighted by Crippen LogP contribution is 2.36. The Balaban J connectivity index is 1.46. The molecule has 2 saturated heterocycles. The van der Waals surface area contributed by atoms with Gasteiger partial charge in [0.2, 0.25) is 5.91 Å². The van der Waals surface area contributed by atoms with Crippen LogP contribution in [0.3, 0.4) is 0 Å². The van der Waals surface area contributed by atoms with Crippen molar-refractivity contribution in [2.24, 2.45) is 0 Å². The molecule has 0 aliphatic carbocycles. The molecule has 0 bridgehead atoms. The van der Waals surface area contributed by atoms with Crippen LogP contribution in [0.15, 0.2) is 18.5 Å². The van der Waals surface area contributed by atoms with E-state index in [1.165, 1.54) is 0 Å². The Morgan fingerprint density at radius 2 is 2.29 bits per heavy atom. The van der Waals surface area contributed by atoms with E-state index in [4.69, 9.17) is 9.47 Å². The van der Waals surface area contributed by atoms with Crippen molar-refractivity contribution in [3.8, 4) is 0 Å². The minimum absolute atomic E-state index is 0.171.